The van der Waals surface area contributed by atoms with Gasteiger partial charge in [0.1, 0.15) is 17.3 Å². The van der Waals surface area contributed by atoms with Crippen LogP contribution in [0.2, 0.25) is 5.02 Å². The first-order valence-electron chi connectivity index (χ1n) is 5.89. The quantitative estimate of drug-likeness (QED) is 0.487. The number of allylic oxidation sites excluding steroid dienone is 1. The van der Waals surface area contributed by atoms with Gasteiger partial charge in [-0.3, -0.25) is 10.1 Å². The van der Waals surface area contributed by atoms with Crippen LogP contribution < -0.4 is 5.32 Å². The molecule has 1 aromatic carbocycles. The van der Waals surface area contributed by atoms with E-state index in [2.05, 4.69) is 25.9 Å². The number of hydrogen-bond donors (Lipinski definition) is 2. The number of H-pyrrole nitrogens is 1. The molecule has 0 saturated heterocycles. The van der Waals surface area contributed by atoms with Gasteiger partial charge in [-0.1, -0.05) is 11.6 Å². The summed E-state index contributed by atoms with van der Waals surface area (Å²) in [6, 6.07) is 2.57. The molecule has 124 valence electrons. The summed E-state index contributed by atoms with van der Waals surface area (Å²) in [5.41, 5.74) is -2.76. The van der Waals surface area contributed by atoms with E-state index in [-0.39, 0.29) is 11.4 Å². The summed E-state index contributed by atoms with van der Waals surface area (Å²) in [6.45, 7) is 0. The summed E-state index contributed by atoms with van der Waals surface area (Å²) < 4.78 is 38.1. The van der Waals surface area contributed by atoms with E-state index in [9.17, 15) is 23.3 Å². The Bertz CT molecular complexity index is 843. The summed E-state index contributed by atoms with van der Waals surface area (Å²) >= 11 is 5.71. The Morgan fingerprint density at radius 3 is 2.71 bits per heavy atom. The first-order chi connectivity index (χ1) is 11.2. The summed E-state index contributed by atoms with van der Waals surface area (Å²) in [6.07, 6.45) is -3.84. The first-order valence-corrected chi connectivity index (χ1v) is 6.27. The zero-order chi connectivity index (χ0) is 17.9. The molecule has 0 saturated carbocycles. The van der Waals surface area contributed by atoms with Gasteiger partial charge in [0.25, 0.3) is 5.69 Å². The highest BCUT2D eigenvalue weighted by Crippen LogP contribution is 2.39. The van der Waals surface area contributed by atoms with Crippen LogP contribution in [-0.2, 0) is 6.18 Å². The maximum Gasteiger partial charge on any atom is 0.416 e. The minimum atomic E-state index is -4.80. The van der Waals surface area contributed by atoms with Gasteiger partial charge in [0.05, 0.1) is 15.5 Å². The lowest BCUT2D eigenvalue weighted by atomic mass is 10.1. The fourth-order valence-corrected chi connectivity index (χ4v) is 1.88. The molecule has 0 bridgehead atoms. The van der Waals surface area contributed by atoms with Gasteiger partial charge >= 0.3 is 6.18 Å². The van der Waals surface area contributed by atoms with Crippen LogP contribution in [0.5, 0.6) is 0 Å². The van der Waals surface area contributed by atoms with E-state index in [0.29, 0.717) is 12.1 Å². The number of nitrogens with zero attached hydrogens (tertiary/aromatic N) is 5. The number of benzene rings is 1. The van der Waals surface area contributed by atoms with Crippen molar-refractivity contribution in [3.05, 3.63) is 44.9 Å². The van der Waals surface area contributed by atoms with E-state index < -0.39 is 33.1 Å². The molecule has 0 aliphatic rings. The standard InChI is InChI=1S/C11H5ClF3N7O2/c12-7-1-6(11(13,14)15)2-8(22(23)24)9(7)17-4-5(3-16)10-18-20-21-19-10/h1-2,4,17H,(H,18,19,20,21). The number of hydrogen-bond acceptors (Lipinski definition) is 7. The molecule has 24 heavy (non-hydrogen) atoms. The summed E-state index contributed by atoms with van der Waals surface area (Å²) in [4.78, 5) is 9.98. The van der Waals surface area contributed by atoms with Crippen LogP contribution in [0.3, 0.4) is 0 Å². The van der Waals surface area contributed by atoms with E-state index >= 15 is 0 Å². The molecular formula is C11H5ClF3N7O2. The lowest BCUT2D eigenvalue weighted by Gasteiger charge is -2.11. The minimum absolute atomic E-state index is 0.115. The van der Waals surface area contributed by atoms with Crippen molar-refractivity contribution in [1.82, 2.24) is 20.6 Å². The van der Waals surface area contributed by atoms with Gasteiger partial charge in [-0.2, -0.15) is 23.6 Å². The van der Waals surface area contributed by atoms with Crippen LogP contribution in [-0.4, -0.2) is 25.5 Å². The molecule has 2 N–H and O–H groups in total. The van der Waals surface area contributed by atoms with Crippen LogP contribution in [0.15, 0.2) is 18.3 Å². The van der Waals surface area contributed by atoms with Crippen LogP contribution in [0.4, 0.5) is 24.5 Å². The second-order valence-corrected chi connectivity index (χ2v) is 4.56. The van der Waals surface area contributed by atoms with E-state index in [1.165, 1.54) is 0 Å². The number of nitriles is 1. The number of tetrazole rings is 1. The average Bonchev–Trinajstić information content (AvgIpc) is 3.01. The van der Waals surface area contributed by atoms with Gasteiger partial charge in [0, 0.05) is 12.3 Å². The van der Waals surface area contributed by atoms with Gasteiger partial charge in [-0.15, -0.1) is 10.2 Å². The Morgan fingerprint density at radius 2 is 2.21 bits per heavy atom. The lowest BCUT2D eigenvalue weighted by molar-refractivity contribution is -0.384. The van der Waals surface area contributed by atoms with E-state index in [1.807, 2.05) is 0 Å². The third-order valence-corrected chi connectivity index (χ3v) is 2.96. The number of nitro benzene ring substituents is 1. The van der Waals surface area contributed by atoms with Gasteiger partial charge in [-0.05, 0) is 11.3 Å². The van der Waals surface area contributed by atoms with Crippen LogP contribution in [0, 0.1) is 21.4 Å². The largest absolute Gasteiger partial charge is 0.416 e. The van der Waals surface area contributed by atoms with Gasteiger partial charge in [0.2, 0.25) is 5.82 Å². The number of aromatic nitrogens is 4. The molecule has 0 aliphatic carbocycles. The monoisotopic (exact) mass is 359 g/mol. The number of rotatable bonds is 4. The Morgan fingerprint density at radius 1 is 1.50 bits per heavy atom. The number of nitrogens with one attached hydrogen (secondary N) is 2. The topological polar surface area (TPSA) is 133 Å². The Kier molecular flexibility index (Phi) is 4.65. The molecule has 0 atom stereocenters. The molecule has 1 aromatic heterocycles. The molecule has 13 heteroatoms. The van der Waals surface area contributed by atoms with Crippen LogP contribution >= 0.6 is 11.6 Å². The molecule has 0 spiro atoms. The van der Waals surface area contributed by atoms with Crippen LogP contribution in [0.25, 0.3) is 5.57 Å². The number of aromatic amines is 1. The number of anilines is 1. The summed E-state index contributed by atoms with van der Waals surface area (Å²) in [5, 5.41) is 34.2. The van der Waals surface area contributed by atoms with Crippen molar-refractivity contribution in [3.63, 3.8) is 0 Å². The predicted molar refractivity (Wildman–Crippen MR) is 74.5 cm³/mol. The second-order valence-electron chi connectivity index (χ2n) is 4.16. The van der Waals surface area contributed by atoms with Crippen LogP contribution in [0.1, 0.15) is 11.4 Å². The third kappa shape index (κ3) is 3.58. The molecule has 2 aromatic rings. The van der Waals surface area contributed by atoms with Crippen molar-refractivity contribution >= 4 is 28.5 Å². The van der Waals surface area contributed by atoms with Crippen molar-refractivity contribution < 1.29 is 18.1 Å². The fraction of sp³-hybridized carbons (Fsp3) is 0.0909. The second kappa shape index (κ2) is 6.50. The third-order valence-electron chi connectivity index (χ3n) is 2.66. The Balaban J connectivity index is 2.47. The molecule has 1 heterocycles. The number of nitro groups is 1. The van der Waals surface area contributed by atoms with Crippen molar-refractivity contribution in [2.45, 2.75) is 6.18 Å². The highest BCUT2D eigenvalue weighted by atomic mass is 35.5. The average molecular weight is 360 g/mol. The van der Waals surface area contributed by atoms with E-state index in [0.717, 1.165) is 6.20 Å². The Labute approximate surface area is 135 Å². The van der Waals surface area contributed by atoms with Crippen molar-refractivity contribution in [2.24, 2.45) is 0 Å². The highest BCUT2D eigenvalue weighted by Gasteiger charge is 2.34. The summed E-state index contributed by atoms with van der Waals surface area (Å²) in [7, 11) is 0. The van der Waals surface area contributed by atoms with Crippen molar-refractivity contribution in [2.75, 3.05) is 5.32 Å². The molecule has 2 rings (SSSR count). The number of halogens is 4. The smallest absolute Gasteiger partial charge is 0.353 e. The zero-order valence-electron chi connectivity index (χ0n) is 11.3. The van der Waals surface area contributed by atoms with Gasteiger partial charge < -0.3 is 5.32 Å². The lowest BCUT2D eigenvalue weighted by Crippen LogP contribution is -2.07. The molecule has 0 aliphatic heterocycles. The fourth-order valence-electron chi connectivity index (χ4n) is 1.61. The van der Waals surface area contributed by atoms with Gasteiger partial charge in [0.15, 0.2) is 0 Å². The van der Waals surface area contributed by atoms with E-state index in [1.54, 1.807) is 6.07 Å². The molecule has 0 fully saturated rings. The predicted octanol–water partition coefficient (Wildman–Crippen LogP) is 2.76. The maximum absolute atomic E-state index is 12.7. The molecule has 9 nitrogen and oxygen atoms in total. The molecule has 0 unspecified atom stereocenters. The molecule has 0 radical (unpaired) electrons. The van der Waals surface area contributed by atoms with Gasteiger partial charge in [-0.25, -0.2) is 0 Å². The van der Waals surface area contributed by atoms with Crippen molar-refractivity contribution in [1.29, 1.82) is 5.26 Å². The maximum atomic E-state index is 12.7. The Hall–Kier alpha value is -3.20. The van der Waals surface area contributed by atoms with Crippen molar-refractivity contribution in [3.8, 4) is 6.07 Å². The van der Waals surface area contributed by atoms with E-state index in [4.69, 9.17) is 16.9 Å². The zero-order valence-corrected chi connectivity index (χ0v) is 12.1. The first kappa shape index (κ1) is 17.2. The molecular weight excluding hydrogens is 355 g/mol. The molecule has 0 amide bonds. The highest BCUT2D eigenvalue weighted by molar-refractivity contribution is 6.34. The normalized spacial score (nSPS) is 11.9. The number of alkyl halides is 3. The SMILES string of the molecule is N#CC(=CNc1c(Cl)cc(C(F)(F)F)cc1[N+](=O)[O-])c1nn[nH]n1. The minimum Gasteiger partial charge on any atom is -0.353 e. The summed E-state index contributed by atoms with van der Waals surface area (Å²) in [5.74, 6) is -0.115.